The predicted molar refractivity (Wildman–Crippen MR) is 68.5 cm³/mol. The minimum atomic E-state index is -1.03. The molecule has 4 heteroatoms. The van der Waals surface area contributed by atoms with Gasteiger partial charge in [0.25, 0.3) is 0 Å². The molecule has 0 N–H and O–H groups in total. The fraction of sp³-hybridized carbons (Fsp3) is 0.385. The molecule has 0 saturated carbocycles. The molecule has 1 unspecified atom stereocenters. The fourth-order valence-electron chi connectivity index (χ4n) is 2.51. The van der Waals surface area contributed by atoms with Crippen molar-refractivity contribution in [1.82, 2.24) is 0 Å². The van der Waals surface area contributed by atoms with E-state index in [-0.39, 0.29) is 6.42 Å². The van der Waals surface area contributed by atoms with E-state index in [9.17, 15) is 9.90 Å². The highest BCUT2D eigenvalue weighted by molar-refractivity contribution is 9.10. The molecule has 1 aromatic rings. The standard InChI is InChI=1S/C13H14BrNO2/c1-3-13(7-12(16)17)8(2)15-11-5-4-9(14)6-10(11)13/h4-6H,3,7H2,1-2H3,(H,16,17)/p-1. The minimum Gasteiger partial charge on any atom is -0.550 e. The summed E-state index contributed by atoms with van der Waals surface area (Å²) in [6.07, 6.45) is 0.696. The lowest BCUT2D eigenvalue weighted by molar-refractivity contribution is -0.306. The molecule has 1 atom stereocenters. The molecule has 1 aliphatic heterocycles. The van der Waals surface area contributed by atoms with E-state index >= 15 is 0 Å². The van der Waals surface area contributed by atoms with Gasteiger partial charge in [0.05, 0.1) is 5.69 Å². The number of carboxylic acid groups (broad SMARTS) is 1. The van der Waals surface area contributed by atoms with Gasteiger partial charge in [-0.15, -0.1) is 0 Å². The molecule has 1 aromatic carbocycles. The Morgan fingerprint density at radius 1 is 1.53 bits per heavy atom. The summed E-state index contributed by atoms with van der Waals surface area (Å²) < 4.78 is 0.942. The zero-order valence-electron chi connectivity index (χ0n) is 9.79. The molecular formula is C13H13BrNO2-. The van der Waals surface area contributed by atoms with Crippen molar-refractivity contribution in [2.24, 2.45) is 4.99 Å². The Morgan fingerprint density at radius 2 is 2.24 bits per heavy atom. The molecule has 0 saturated heterocycles. The van der Waals surface area contributed by atoms with Gasteiger partial charge in [-0.1, -0.05) is 22.9 Å². The summed E-state index contributed by atoms with van der Waals surface area (Å²) in [5.74, 6) is -1.03. The third-order valence-electron chi connectivity index (χ3n) is 3.50. The molecule has 17 heavy (non-hydrogen) atoms. The molecule has 0 fully saturated rings. The van der Waals surface area contributed by atoms with Crippen LogP contribution >= 0.6 is 15.9 Å². The molecule has 1 aliphatic rings. The largest absolute Gasteiger partial charge is 0.550 e. The van der Waals surface area contributed by atoms with Crippen LogP contribution in [0.5, 0.6) is 0 Å². The number of aliphatic carboxylic acids is 1. The number of hydrogen-bond acceptors (Lipinski definition) is 3. The maximum Gasteiger partial charge on any atom is 0.0671 e. The Balaban J connectivity index is 2.58. The van der Waals surface area contributed by atoms with Crippen molar-refractivity contribution < 1.29 is 9.90 Å². The van der Waals surface area contributed by atoms with E-state index in [0.717, 1.165) is 21.4 Å². The first kappa shape index (κ1) is 12.3. The maximum atomic E-state index is 11.0. The number of carbonyl (C=O) groups excluding carboxylic acids is 1. The van der Waals surface area contributed by atoms with Crippen LogP contribution in [0.3, 0.4) is 0 Å². The average molecular weight is 295 g/mol. The van der Waals surface area contributed by atoms with E-state index in [4.69, 9.17) is 0 Å². The molecule has 90 valence electrons. The maximum absolute atomic E-state index is 11.0. The fourth-order valence-corrected chi connectivity index (χ4v) is 2.87. The number of nitrogens with zero attached hydrogens (tertiary/aromatic N) is 1. The molecule has 0 aromatic heterocycles. The smallest absolute Gasteiger partial charge is 0.0671 e. The summed E-state index contributed by atoms with van der Waals surface area (Å²) in [5, 5.41) is 11.0. The van der Waals surface area contributed by atoms with Gasteiger partial charge in [0.15, 0.2) is 0 Å². The number of carbonyl (C=O) groups is 1. The summed E-state index contributed by atoms with van der Waals surface area (Å²) in [6.45, 7) is 3.87. The SMILES string of the molecule is CCC1(CC(=O)[O-])C(C)=Nc2ccc(Br)cc21. The van der Waals surface area contributed by atoms with Crippen LogP contribution in [-0.2, 0) is 10.2 Å². The molecule has 0 aliphatic carbocycles. The van der Waals surface area contributed by atoms with Gasteiger partial charge >= 0.3 is 0 Å². The second kappa shape index (κ2) is 4.26. The van der Waals surface area contributed by atoms with E-state index < -0.39 is 11.4 Å². The van der Waals surface area contributed by atoms with Crippen LogP contribution < -0.4 is 5.11 Å². The van der Waals surface area contributed by atoms with E-state index in [1.165, 1.54) is 0 Å². The van der Waals surface area contributed by atoms with E-state index in [0.29, 0.717) is 6.42 Å². The monoisotopic (exact) mass is 294 g/mol. The van der Waals surface area contributed by atoms with Crippen molar-refractivity contribution in [2.75, 3.05) is 0 Å². The molecule has 3 nitrogen and oxygen atoms in total. The summed E-state index contributed by atoms with van der Waals surface area (Å²) in [7, 11) is 0. The summed E-state index contributed by atoms with van der Waals surface area (Å²) in [6, 6.07) is 5.79. The topological polar surface area (TPSA) is 52.5 Å². The molecule has 0 spiro atoms. The number of benzene rings is 1. The summed E-state index contributed by atoms with van der Waals surface area (Å²) in [5.41, 5.74) is 2.21. The average Bonchev–Trinajstić information content (AvgIpc) is 2.52. The molecule has 0 amide bonds. The van der Waals surface area contributed by atoms with Gasteiger partial charge in [0.1, 0.15) is 0 Å². The zero-order valence-corrected chi connectivity index (χ0v) is 11.4. The molecule has 0 radical (unpaired) electrons. The van der Waals surface area contributed by atoms with Crippen LogP contribution in [-0.4, -0.2) is 11.7 Å². The van der Waals surface area contributed by atoms with Gasteiger partial charge in [-0.3, -0.25) is 4.99 Å². The van der Waals surface area contributed by atoms with Gasteiger partial charge in [-0.2, -0.15) is 0 Å². The highest BCUT2D eigenvalue weighted by atomic mass is 79.9. The van der Waals surface area contributed by atoms with Crippen molar-refractivity contribution >= 4 is 33.3 Å². The van der Waals surface area contributed by atoms with Crippen LogP contribution in [0.4, 0.5) is 5.69 Å². The van der Waals surface area contributed by atoms with Crippen molar-refractivity contribution in [1.29, 1.82) is 0 Å². The molecule has 1 heterocycles. The van der Waals surface area contributed by atoms with Crippen molar-refractivity contribution in [2.45, 2.75) is 32.1 Å². The number of rotatable bonds is 3. The Bertz CT molecular complexity index is 510. The van der Waals surface area contributed by atoms with Gasteiger partial charge < -0.3 is 9.90 Å². The second-order valence-corrected chi connectivity index (χ2v) is 5.26. The number of hydrogen-bond donors (Lipinski definition) is 0. The first-order chi connectivity index (χ1) is 7.99. The Labute approximate surface area is 109 Å². The van der Waals surface area contributed by atoms with Gasteiger partial charge in [0.2, 0.25) is 0 Å². The summed E-state index contributed by atoms with van der Waals surface area (Å²) in [4.78, 5) is 15.5. The third kappa shape index (κ3) is 1.90. The van der Waals surface area contributed by atoms with Crippen molar-refractivity contribution in [3.05, 3.63) is 28.2 Å². The molecular weight excluding hydrogens is 282 g/mol. The van der Waals surface area contributed by atoms with E-state index in [1.807, 2.05) is 32.0 Å². The van der Waals surface area contributed by atoms with Gasteiger partial charge in [-0.05, 0) is 37.1 Å². The second-order valence-electron chi connectivity index (χ2n) is 4.34. The number of aliphatic imine (C=N–C) groups is 1. The highest BCUT2D eigenvalue weighted by Gasteiger charge is 2.39. The Hall–Kier alpha value is -1.16. The molecule has 0 bridgehead atoms. The summed E-state index contributed by atoms with van der Waals surface area (Å²) >= 11 is 3.42. The van der Waals surface area contributed by atoms with Crippen LogP contribution in [0.25, 0.3) is 0 Å². The van der Waals surface area contributed by atoms with Crippen LogP contribution in [0.2, 0.25) is 0 Å². The minimum absolute atomic E-state index is 0.0116. The van der Waals surface area contributed by atoms with Crippen LogP contribution in [0.15, 0.2) is 27.7 Å². The zero-order chi connectivity index (χ0) is 12.6. The van der Waals surface area contributed by atoms with Crippen molar-refractivity contribution in [3.8, 4) is 0 Å². The lowest BCUT2D eigenvalue weighted by Crippen LogP contribution is -2.38. The van der Waals surface area contributed by atoms with E-state index in [2.05, 4.69) is 20.9 Å². The lowest BCUT2D eigenvalue weighted by atomic mass is 9.73. The predicted octanol–water partition coefficient (Wildman–Crippen LogP) is 2.34. The Morgan fingerprint density at radius 3 is 2.82 bits per heavy atom. The lowest BCUT2D eigenvalue weighted by Gasteiger charge is -2.30. The first-order valence-corrected chi connectivity index (χ1v) is 6.34. The van der Waals surface area contributed by atoms with Crippen LogP contribution in [0.1, 0.15) is 32.3 Å². The first-order valence-electron chi connectivity index (χ1n) is 5.55. The molecule has 2 rings (SSSR count). The Kier molecular flexibility index (Phi) is 3.08. The van der Waals surface area contributed by atoms with E-state index in [1.54, 1.807) is 0 Å². The number of carboxylic acids is 1. The normalized spacial score (nSPS) is 22.2. The number of fused-ring (bicyclic) bond motifs is 1. The van der Waals surface area contributed by atoms with Crippen molar-refractivity contribution in [3.63, 3.8) is 0 Å². The quantitative estimate of drug-likeness (QED) is 0.859. The highest BCUT2D eigenvalue weighted by Crippen LogP contribution is 2.45. The number of halogens is 1. The van der Waals surface area contributed by atoms with Crippen LogP contribution in [0, 0.1) is 0 Å². The third-order valence-corrected chi connectivity index (χ3v) is 4.00. The van der Waals surface area contributed by atoms with Gasteiger partial charge in [0, 0.05) is 28.0 Å². The van der Waals surface area contributed by atoms with Gasteiger partial charge in [-0.25, -0.2) is 0 Å².